The summed E-state index contributed by atoms with van der Waals surface area (Å²) in [5, 5.41) is 0. The predicted octanol–water partition coefficient (Wildman–Crippen LogP) is 2.65. The maximum Gasteiger partial charge on any atom is 0.320 e. The van der Waals surface area contributed by atoms with Crippen LogP contribution < -0.4 is 0 Å². The van der Waals surface area contributed by atoms with Crippen LogP contribution in [0.5, 0.6) is 0 Å². The molecule has 0 heterocycles. The van der Waals surface area contributed by atoms with E-state index in [2.05, 4.69) is 6.58 Å². The van der Waals surface area contributed by atoms with Crippen LogP contribution in [0.2, 0.25) is 0 Å². The molecule has 0 saturated carbocycles. The van der Waals surface area contributed by atoms with E-state index >= 15 is 0 Å². The van der Waals surface area contributed by atoms with E-state index in [0.29, 0.717) is 6.42 Å². The monoisotopic (exact) mass is 258 g/mol. The van der Waals surface area contributed by atoms with Gasteiger partial charge in [0.15, 0.2) is 0 Å². The lowest BCUT2D eigenvalue weighted by molar-refractivity contribution is -0.159. The zero-order chi connectivity index (χ0) is 14.0. The number of Topliss-reactive ketones (excluding diaryl/α,β-unsaturated/α-hetero) is 1. The molecular formula is C16H18O3. The van der Waals surface area contributed by atoms with E-state index in [9.17, 15) is 9.59 Å². The summed E-state index contributed by atoms with van der Waals surface area (Å²) in [5.41, 5.74) is 0.887. The highest BCUT2D eigenvalue weighted by atomic mass is 16.5. The minimum atomic E-state index is -1.14. The van der Waals surface area contributed by atoms with Crippen LogP contribution in [0.25, 0.3) is 0 Å². The predicted molar refractivity (Wildman–Crippen MR) is 72.8 cm³/mol. The van der Waals surface area contributed by atoms with Gasteiger partial charge in [-0.25, -0.2) is 0 Å². The molecule has 0 saturated heterocycles. The molecule has 1 aromatic rings. The van der Waals surface area contributed by atoms with Crippen LogP contribution in [0.3, 0.4) is 0 Å². The van der Waals surface area contributed by atoms with Crippen LogP contribution >= 0.6 is 0 Å². The quantitative estimate of drug-likeness (QED) is 0.474. The molecule has 1 aliphatic carbocycles. The fourth-order valence-electron chi connectivity index (χ4n) is 2.95. The van der Waals surface area contributed by atoms with E-state index < -0.39 is 11.4 Å². The maximum atomic E-state index is 12.4. The van der Waals surface area contributed by atoms with Crippen LogP contribution in [0.1, 0.15) is 30.9 Å². The number of hydrogen-bond acceptors (Lipinski definition) is 3. The molecule has 3 heteroatoms. The summed E-state index contributed by atoms with van der Waals surface area (Å²) in [5.74, 6) is -0.907. The fraction of sp³-hybridized carbons (Fsp3) is 0.375. The first-order chi connectivity index (χ1) is 9.07. The van der Waals surface area contributed by atoms with Crippen LogP contribution in [-0.4, -0.2) is 18.4 Å². The number of carbonyl (C=O) groups is 2. The van der Waals surface area contributed by atoms with Crippen LogP contribution in [-0.2, 0) is 20.7 Å². The van der Waals surface area contributed by atoms with Crippen molar-refractivity contribution in [2.24, 2.45) is 5.41 Å². The highest BCUT2D eigenvalue weighted by Gasteiger charge is 2.55. The van der Waals surface area contributed by atoms with E-state index in [4.69, 9.17) is 4.74 Å². The molecule has 0 bridgehead atoms. The van der Waals surface area contributed by atoms with Gasteiger partial charge >= 0.3 is 5.97 Å². The molecule has 2 atom stereocenters. The molecule has 1 aromatic carbocycles. The van der Waals surface area contributed by atoms with Crippen molar-refractivity contribution in [3.8, 4) is 0 Å². The third-order valence-corrected chi connectivity index (χ3v) is 3.89. The third kappa shape index (κ3) is 1.89. The van der Waals surface area contributed by atoms with E-state index in [-0.39, 0.29) is 18.3 Å². The van der Waals surface area contributed by atoms with Crippen molar-refractivity contribution in [2.45, 2.75) is 26.2 Å². The van der Waals surface area contributed by atoms with Gasteiger partial charge in [0, 0.05) is 5.92 Å². The Kier molecular flexibility index (Phi) is 3.56. The highest BCUT2D eigenvalue weighted by molar-refractivity contribution is 6.05. The molecule has 0 radical (unpaired) electrons. The van der Waals surface area contributed by atoms with Crippen molar-refractivity contribution in [3.05, 3.63) is 48.0 Å². The average Bonchev–Trinajstić information content (AvgIpc) is 2.74. The third-order valence-electron chi connectivity index (χ3n) is 3.89. The van der Waals surface area contributed by atoms with E-state index in [1.54, 1.807) is 13.0 Å². The minimum absolute atomic E-state index is 0.160. The van der Waals surface area contributed by atoms with Crippen LogP contribution in [0.4, 0.5) is 0 Å². The Morgan fingerprint density at radius 1 is 1.47 bits per heavy atom. The zero-order valence-corrected chi connectivity index (χ0v) is 11.3. The fourth-order valence-corrected chi connectivity index (χ4v) is 2.95. The molecule has 2 rings (SSSR count). The first-order valence-corrected chi connectivity index (χ1v) is 6.46. The molecule has 0 unspecified atom stereocenters. The number of fused-ring (bicyclic) bond motifs is 1. The van der Waals surface area contributed by atoms with Gasteiger partial charge in [-0.05, 0) is 31.4 Å². The molecular weight excluding hydrogens is 240 g/mol. The van der Waals surface area contributed by atoms with Gasteiger partial charge in [-0.2, -0.15) is 0 Å². The zero-order valence-electron chi connectivity index (χ0n) is 11.3. The molecule has 0 aliphatic heterocycles. The smallest absolute Gasteiger partial charge is 0.320 e. The number of ether oxygens (including phenoxy) is 1. The molecule has 19 heavy (non-hydrogen) atoms. The molecule has 0 amide bonds. The summed E-state index contributed by atoms with van der Waals surface area (Å²) < 4.78 is 5.15. The molecule has 100 valence electrons. The minimum Gasteiger partial charge on any atom is -0.465 e. The topological polar surface area (TPSA) is 43.4 Å². The highest BCUT2D eigenvalue weighted by Crippen LogP contribution is 2.49. The molecule has 0 spiro atoms. The van der Waals surface area contributed by atoms with E-state index in [1.807, 2.05) is 24.3 Å². The van der Waals surface area contributed by atoms with Crippen molar-refractivity contribution >= 4 is 11.8 Å². The molecule has 3 nitrogen and oxygen atoms in total. The second-order valence-corrected chi connectivity index (χ2v) is 4.84. The van der Waals surface area contributed by atoms with Crippen LogP contribution in [0, 0.1) is 5.41 Å². The number of carbonyl (C=O) groups excluding carboxylic acids is 2. The summed E-state index contributed by atoms with van der Waals surface area (Å²) in [7, 11) is 0. The van der Waals surface area contributed by atoms with Gasteiger partial charge in [0.05, 0.1) is 6.61 Å². The largest absolute Gasteiger partial charge is 0.465 e. The summed E-state index contributed by atoms with van der Waals surface area (Å²) in [6.45, 7) is 7.28. The van der Waals surface area contributed by atoms with Crippen molar-refractivity contribution < 1.29 is 14.3 Å². The summed E-state index contributed by atoms with van der Waals surface area (Å²) in [4.78, 5) is 24.5. The first-order valence-electron chi connectivity index (χ1n) is 6.46. The Bertz CT molecular complexity index is 533. The standard InChI is InChI=1S/C16H18O3/c1-4-14-13-9-7-6-8-12(13)10-16(14,11(3)17)15(18)19-5-2/h4,6-9,14H,1,5,10H2,2-3H3/t14-,16-/m0/s1. The van der Waals surface area contributed by atoms with Gasteiger partial charge in [-0.15, -0.1) is 6.58 Å². The summed E-state index contributed by atoms with van der Waals surface area (Å²) in [6, 6.07) is 7.73. The maximum absolute atomic E-state index is 12.4. The van der Waals surface area contributed by atoms with Crippen molar-refractivity contribution in [1.82, 2.24) is 0 Å². The average molecular weight is 258 g/mol. The van der Waals surface area contributed by atoms with Gasteiger partial charge in [-0.1, -0.05) is 30.3 Å². The molecule has 0 fully saturated rings. The number of hydrogen-bond donors (Lipinski definition) is 0. The van der Waals surface area contributed by atoms with Crippen molar-refractivity contribution in [1.29, 1.82) is 0 Å². The number of allylic oxidation sites excluding steroid dienone is 1. The molecule has 0 N–H and O–H groups in total. The van der Waals surface area contributed by atoms with E-state index in [0.717, 1.165) is 11.1 Å². The van der Waals surface area contributed by atoms with Gasteiger partial charge in [-0.3, -0.25) is 9.59 Å². The van der Waals surface area contributed by atoms with E-state index in [1.165, 1.54) is 6.92 Å². The SMILES string of the molecule is C=C[C@H]1c2ccccc2C[C@@]1(C(C)=O)C(=O)OCC. The number of esters is 1. The second-order valence-electron chi connectivity index (χ2n) is 4.84. The van der Waals surface area contributed by atoms with Gasteiger partial charge in [0.25, 0.3) is 0 Å². The molecule has 1 aliphatic rings. The normalized spacial score (nSPS) is 24.6. The van der Waals surface area contributed by atoms with Crippen molar-refractivity contribution in [3.63, 3.8) is 0 Å². The lowest BCUT2D eigenvalue weighted by Gasteiger charge is -2.29. The van der Waals surface area contributed by atoms with Crippen molar-refractivity contribution in [2.75, 3.05) is 6.61 Å². The Labute approximate surface area is 113 Å². The first kappa shape index (κ1) is 13.5. The Morgan fingerprint density at radius 3 is 2.74 bits per heavy atom. The summed E-state index contributed by atoms with van der Waals surface area (Å²) >= 11 is 0. The summed E-state index contributed by atoms with van der Waals surface area (Å²) in [6.07, 6.45) is 2.08. The molecule has 0 aromatic heterocycles. The van der Waals surface area contributed by atoms with Gasteiger partial charge < -0.3 is 4.74 Å². The number of ketones is 1. The second kappa shape index (κ2) is 5.00. The van der Waals surface area contributed by atoms with Gasteiger partial charge in [0.1, 0.15) is 11.2 Å². The number of benzene rings is 1. The Hall–Kier alpha value is -1.90. The lowest BCUT2D eigenvalue weighted by atomic mass is 9.73. The Morgan fingerprint density at radius 2 is 2.16 bits per heavy atom. The Balaban J connectivity index is 2.55. The number of rotatable bonds is 4. The van der Waals surface area contributed by atoms with Gasteiger partial charge in [0.2, 0.25) is 0 Å². The lowest BCUT2D eigenvalue weighted by Crippen LogP contribution is -2.42. The van der Waals surface area contributed by atoms with Crippen LogP contribution in [0.15, 0.2) is 36.9 Å².